The van der Waals surface area contributed by atoms with Crippen LogP contribution in [0.3, 0.4) is 0 Å². The maximum absolute atomic E-state index is 12.9. The lowest BCUT2D eigenvalue weighted by atomic mass is 9.94. The van der Waals surface area contributed by atoms with Crippen molar-refractivity contribution in [1.29, 1.82) is 0 Å². The van der Waals surface area contributed by atoms with E-state index in [2.05, 4.69) is 5.43 Å². The highest BCUT2D eigenvalue weighted by Crippen LogP contribution is 2.41. The van der Waals surface area contributed by atoms with Gasteiger partial charge in [-0.2, -0.15) is 0 Å². The van der Waals surface area contributed by atoms with E-state index >= 15 is 0 Å². The van der Waals surface area contributed by atoms with Gasteiger partial charge in [0.05, 0.1) is 18.2 Å². The van der Waals surface area contributed by atoms with Gasteiger partial charge in [0.15, 0.2) is 0 Å². The lowest BCUT2D eigenvalue weighted by Crippen LogP contribution is -2.46. The molecule has 1 N–H and O–H groups in total. The minimum Gasteiger partial charge on any atom is -0.468 e. The lowest BCUT2D eigenvalue weighted by molar-refractivity contribution is -0.143. The summed E-state index contributed by atoms with van der Waals surface area (Å²) in [6.07, 6.45) is 1.59. The Kier molecular flexibility index (Phi) is 3.94. The van der Waals surface area contributed by atoms with Gasteiger partial charge in [0.1, 0.15) is 11.8 Å². The number of rotatable bonds is 4. The van der Waals surface area contributed by atoms with Gasteiger partial charge in [0.2, 0.25) is 11.8 Å². The van der Waals surface area contributed by atoms with Crippen molar-refractivity contribution in [2.75, 3.05) is 0 Å². The van der Waals surface area contributed by atoms with E-state index in [4.69, 9.17) is 4.42 Å². The van der Waals surface area contributed by atoms with Crippen molar-refractivity contribution in [3.05, 3.63) is 60.1 Å². The SMILES string of the molecule is CC(C)N1C(=O)[C@@H]2[C@@H](c3ccco3)NN(Cc3ccccc3)[C@H]2C1=O. The maximum atomic E-state index is 12.9. The van der Waals surface area contributed by atoms with Crippen LogP contribution in [0.25, 0.3) is 0 Å². The van der Waals surface area contributed by atoms with Crippen LogP contribution in [-0.4, -0.2) is 33.8 Å². The zero-order valence-corrected chi connectivity index (χ0v) is 14.3. The molecule has 2 aromatic rings. The predicted octanol–water partition coefficient (Wildman–Crippen LogP) is 2.10. The molecule has 25 heavy (non-hydrogen) atoms. The number of hydrazine groups is 1. The molecule has 130 valence electrons. The Labute approximate surface area is 146 Å². The van der Waals surface area contributed by atoms with Crippen molar-refractivity contribution in [2.45, 2.75) is 38.5 Å². The van der Waals surface area contributed by atoms with E-state index in [1.807, 2.05) is 55.3 Å². The molecule has 0 unspecified atom stereocenters. The smallest absolute Gasteiger partial charge is 0.249 e. The molecule has 6 nitrogen and oxygen atoms in total. The normalized spacial score (nSPS) is 26.7. The third-order valence-electron chi connectivity index (χ3n) is 4.91. The lowest BCUT2D eigenvalue weighted by Gasteiger charge is -2.26. The highest BCUT2D eigenvalue weighted by molar-refractivity contribution is 6.08. The number of benzene rings is 1. The Hall–Kier alpha value is -2.44. The van der Waals surface area contributed by atoms with E-state index < -0.39 is 12.0 Å². The number of amides is 2. The molecule has 2 saturated heterocycles. The largest absolute Gasteiger partial charge is 0.468 e. The number of nitrogens with one attached hydrogen (secondary N) is 1. The van der Waals surface area contributed by atoms with Gasteiger partial charge in [-0.05, 0) is 31.5 Å². The molecule has 1 aromatic heterocycles. The van der Waals surface area contributed by atoms with Crippen molar-refractivity contribution >= 4 is 11.8 Å². The number of imide groups is 1. The van der Waals surface area contributed by atoms with Gasteiger partial charge in [-0.25, -0.2) is 10.4 Å². The van der Waals surface area contributed by atoms with Crippen LogP contribution < -0.4 is 5.43 Å². The number of hydrogen-bond donors (Lipinski definition) is 1. The summed E-state index contributed by atoms with van der Waals surface area (Å²) >= 11 is 0. The number of likely N-dealkylation sites (tertiary alicyclic amines) is 1. The average Bonchev–Trinajstić information content (AvgIpc) is 3.27. The number of carbonyl (C=O) groups excluding carboxylic acids is 2. The average molecular weight is 339 g/mol. The number of nitrogens with zero attached hydrogens (tertiary/aromatic N) is 2. The van der Waals surface area contributed by atoms with Crippen LogP contribution in [0.2, 0.25) is 0 Å². The molecule has 3 atom stereocenters. The van der Waals surface area contributed by atoms with E-state index in [9.17, 15) is 9.59 Å². The summed E-state index contributed by atoms with van der Waals surface area (Å²) < 4.78 is 5.53. The second-order valence-electron chi connectivity index (χ2n) is 6.85. The second-order valence-corrected chi connectivity index (χ2v) is 6.85. The van der Waals surface area contributed by atoms with Crippen LogP contribution in [0.4, 0.5) is 0 Å². The van der Waals surface area contributed by atoms with Crippen LogP contribution >= 0.6 is 0 Å². The molecule has 1 aromatic carbocycles. The first-order valence-electron chi connectivity index (χ1n) is 8.55. The molecule has 4 rings (SSSR count). The Morgan fingerprint density at radius 2 is 1.84 bits per heavy atom. The fourth-order valence-corrected chi connectivity index (χ4v) is 3.83. The summed E-state index contributed by atoms with van der Waals surface area (Å²) in [6.45, 7) is 4.28. The number of fused-ring (bicyclic) bond motifs is 1. The van der Waals surface area contributed by atoms with E-state index in [-0.39, 0.29) is 23.9 Å². The first-order valence-corrected chi connectivity index (χ1v) is 8.55. The van der Waals surface area contributed by atoms with Gasteiger partial charge in [-0.1, -0.05) is 30.3 Å². The van der Waals surface area contributed by atoms with E-state index in [0.717, 1.165) is 5.56 Å². The summed E-state index contributed by atoms with van der Waals surface area (Å²) in [4.78, 5) is 27.3. The molecule has 0 aliphatic carbocycles. The van der Waals surface area contributed by atoms with Gasteiger partial charge < -0.3 is 4.42 Å². The molecule has 2 aliphatic heterocycles. The Bertz CT molecular complexity index is 772. The van der Waals surface area contributed by atoms with Gasteiger partial charge in [0, 0.05) is 12.6 Å². The van der Waals surface area contributed by atoms with Crippen molar-refractivity contribution in [2.24, 2.45) is 5.92 Å². The van der Waals surface area contributed by atoms with E-state index in [0.29, 0.717) is 12.3 Å². The van der Waals surface area contributed by atoms with Crippen molar-refractivity contribution in [1.82, 2.24) is 15.3 Å². The second kappa shape index (κ2) is 6.13. The number of carbonyl (C=O) groups is 2. The molecule has 2 amide bonds. The number of furan rings is 1. The molecule has 2 aliphatic rings. The molecular weight excluding hydrogens is 318 g/mol. The molecule has 0 spiro atoms. The third-order valence-corrected chi connectivity index (χ3v) is 4.91. The quantitative estimate of drug-likeness (QED) is 0.864. The number of hydrogen-bond acceptors (Lipinski definition) is 5. The highest BCUT2D eigenvalue weighted by atomic mass is 16.3. The van der Waals surface area contributed by atoms with Crippen molar-refractivity contribution in [3.63, 3.8) is 0 Å². The van der Waals surface area contributed by atoms with Crippen LogP contribution in [0, 0.1) is 5.92 Å². The Morgan fingerprint density at radius 1 is 1.08 bits per heavy atom. The summed E-state index contributed by atoms with van der Waals surface area (Å²) in [7, 11) is 0. The topological polar surface area (TPSA) is 65.8 Å². The minimum absolute atomic E-state index is 0.130. The highest BCUT2D eigenvalue weighted by Gasteiger charge is 2.59. The first-order chi connectivity index (χ1) is 12.1. The fourth-order valence-electron chi connectivity index (χ4n) is 3.83. The summed E-state index contributed by atoms with van der Waals surface area (Å²) in [6, 6.07) is 12.6. The van der Waals surface area contributed by atoms with Crippen molar-refractivity contribution < 1.29 is 14.0 Å². The van der Waals surface area contributed by atoms with Crippen LogP contribution in [0.15, 0.2) is 53.1 Å². The van der Waals surface area contributed by atoms with Crippen LogP contribution in [0.1, 0.15) is 31.2 Å². The maximum Gasteiger partial charge on any atom is 0.249 e. The molecule has 6 heteroatoms. The molecule has 2 fully saturated rings. The Balaban J connectivity index is 1.69. The molecule has 0 radical (unpaired) electrons. The molecule has 0 bridgehead atoms. The van der Waals surface area contributed by atoms with Crippen molar-refractivity contribution in [3.8, 4) is 0 Å². The zero-order chi connectivity index (χ0) is 17.6. The fraction of sp³-hybridized carbons (Fsp3) is 0.368. The molecule has 0 saturated carbocycles. The van der Waals surface area contributed by atoms with Gasteiger partial charge >= 0.3 is 0 Å². The van der Waals surface area contributed by atoms with Gasteiger partial charge in [0.25, 0.3) is 0 Å². The Morgan fingerprint density at radius 3 is 2.48 bits per heavy atom. The zero-order valence-electron chi connectivity index (χ0n) is 14.3. The summed E-state index contributed by atoms with van der Waals surface area (Å²) in [5, 5.41) is 1.88. The van der Waals surface area contributed by atoms with Crippen LogP contribution in [-0.2, 0) is 16.1 Å². The summed E-state index contributed by atoms with van der Waals surface area (Å²) in [5.41, 5.74) is 4.42. The predicted molar refractivity (Wildman–Crippen MR) is 90.8 cm³/mol. The third kappa shape index (κ3) is 2.58. The first kappa shape index (κ1) is 16.1. The van der Waals surface area contributed by atoms with E-state index in [1.54, 1.807) is 12.3 Å². The summed E-state index contributed by atoms with van der Waals surface area (Å²) in [5.74, 6) is -0.0565. The standard InChI is InChI=1S/C19H21N3O3/c1-12(2)22-18(23)15-16(14-9-6-10-25-14)20-21(17(15)19(22)24)11-13-7-4-3-5-8-13/h3-10,12,15-17,20H,11H2,1-2H3/t15-,16-,17-/m1/s1. The van der Waals surface area contributed by atoms with Gasteiger partial charge in [-0.15, -0.1) is 0 Å². The minimum atomic E-state index is -0.509. The van der Waals surface area contributed by atoms with E-state index in [1.165, 1.54) is 4.90 Å². The molecular formula is C19H21N3O3. The van der Waals surface area contributed by atoms with Crippen LogP contribution in [0.5, 0.6) is 0 Å². The molecule has 3 heterocycles. The van der Waals surface area contributed by atoms with Gasteiger partial charge in [-0.3, -0.25) is 14.5 Å². The monoisotopic (exact) mass is 339 g/mol.